The number of hydrogen-bond donors (Lipinski definition) is 0. The average molecular weight is 398 g/mol. The van der Waals surface area contributed by atoms with Crippen LogP contribution in [0.1, 0.15) is 12.5 Å². The Bertz CT molecular complexity index is 929. The van der Waals surface area contributed by atoms with Gasteiger partial charge in [0.1, 0.15) is 6.33 Å². The predicted molar refractivity (Wildman–Crippen MR) is 107 cm³/mol. The van der Waals surface area contributed by atoms with Crippen LogP contribution in [0.15, 0.2) is 30.6 Å². The molecule has 3 heterocycles. The van der Waals surface area contributed by atoms with Crippen LogP contribution in [0, 0.1) is 10.1 Å². The molecule has 2 aliphatic heterocycles. The Labute approximate surface area is 167 Å². The lowest BCUT2D eigenvalue weighted by Crippen LogP contribution is -2.49. The molecule has 0 saturated carbocycles. The Morgan fingerprint density at radius 1 is 1.14 bits per heavy atom. The SMILES string of the molecule is CCOC(=O)N1CCN(c2ncnc(N3CCc4ccccc43)c2[N+](=O)[O-])CC1. The summed E-state index contributed by atoms with van der Waals surface area (Å²) in [5.41, 5.74) is 1.98. The van der Waals surface area contributed by atoms with Crippen LogP contribution in [-0.2, 0) is 11.2 Å². The summed E-state index contributed by atoms with van der Waals surface area (Å²) in [6.45, 7) is 4.42. The average Bonchev–Trinajstić information content (AvgIpc) is 3.17. The number of aromatic nitrogens is 2. The molecule has 1 aromatic heterocycles. The maximum Gasteiger partial charge on any atom is 0.409 e. The minimum Gasteiger partial charge on any atom is -0.450 e. The van der Waals surface area contributed by atoms with Crippen molar-refractivity contribution in [2.24, 2.45) is 0 Å². The van der Waals surface area contributed by atoms with Crippen LogP contribution in [0.5, 0.6) is 0 Å². The van der Waals surface area contributed by atoms with E-state index >= 15 is 0 Å². The first-order chi connectivity index (χ1) is 14.1. The Balaban J connectivity index is 1.62. The van der Waals surface area contributed by atoms with Gasteiger partial charge >= 0.3 is 11.8 Å². The Kier molecular flexibility index (Phi) is 5.15. The van der Waals surface area contributed by atoms with Crippen LogP contribution in [0.2, 0.25) is 0 Å². The fraction of sp³-hybridized carbons (Fsp3) is 0.421. The van der Waals surface area contributed by atoms with Gasteiger partial charge in [0, 0.05) is 38.4 Å². The van der Waals surface area contributed by atoms with Crippen molar-refractivity contribution in [2.45, 2.75) is 13.3 Å². The second-order valence-corrected chi connectivity index (χ2v) is 6.83. The van der Waals surface area contributed by atoms with Gasteiger partial charge in [-0.3, -0.25) is 10.1 Å². The quantitative estimate of drug-likeness (QED) is 0.571. The number of nitro groups is 1. The van der Waals surface area contributed by atoms with Gasteiger partial charge in [0.05, 0.1) is 11.5 Å². The van der Waals surface area contributed by atoms with Crippen LogP contribution in [-0.4, -0.2) is 65.2 Å². The molecule has 1 saturated heterocycles. The largest absolute Gasteiger partial charge is 0.450 e. The summed E-state index contributed by atoms with van der Waals surface area (Å²) in [5.74, 6) is 0.589. The van der Waals surface area contributed by atoms with Crippen molar-refractivity contribution in [1.29, 1.82) is 0 Å². The number of rotatable bonds is 4. The summed E-state index contributed by atoms with van der Waals surface area (Å²) < 4.78 is 5.03. The molecule has 10 nitrogen and oxygen atoms in total. The molecular weight excluding hydrogens is 376 g/mol. The van der Waals surface area contributed by atoms with Crippen LogP contribution in [0.3, 0.4) is 0 Å². The number of amides is 1. The lowest BCUT2D eigenvalue weighted by atomic mass is 10.2. The van der Waals surface area contributed by atoms with Gasteiger partial charge in [-0.15, -0.1) is 0 Å². The third kappa shape index (κ3) is 3.53. The van der Waals surface area contributed by atoms with Crippen molar-refractivity contribution < 1.29 is 14.5 Å². The highest BCUT2D eigenvalue weighted by Crippen LogP contribution is 2.41. The first-order valence-electron chi connectivity index (χ1n) is 9.61. The second-order valence-electron chi connectivity index (χ2n) is 6.83. The number of para-hydroxylation sites is 1. The minimum absolute atomic E-state index is 0.103. The maximum atomic E-state index is 12.0. The first-order valence-corrected chi connectivity index (χ1v) is 9.61. The van der Waals surface area contributed by atoms with Crippen molar-refractivity contribution >= 4 is 29.1 Å². The molecule has 0 bridgehead atoms. The highest BCUT2D eigenvalue weighted by molar-refractivity contribution is 5.79. The second kappa shape index (κ2) is 7.90. The van der Waals surface area contributed by atoms with Crippen LogP contribution in [0.25, 0.3) is 0 Å². The minimum atomic E-state index is -0.413. The molecule has 4 rings (SSSR count). The van der Waals surface area contributed by atoms with E-state index in [9.17, 15) is 14.9 Å². The number of hydrogen-bond acceptors (Lipinski definition) is 8. The highest BCUT2D eigenvalue weighted by Gasteiger charge is 2.34. The smallest absolute Gasteiger partial charge is 0.409 e. The van der Waals surface area contributed by atoms with Crippen molar-refractivity contribution in [3.05, 3.63) is 46.3 Å². The van der Waals surface area contributed by atoms with Gasteiger partial charge in [-0.2, -0.15) is 0 Å². The molecule has 152 valence electrons. The van der Waals surface area contributed by atoms with Crippen molar-refractivity contribution in [3.8, 4) is 0 Å². The zero-order valence-corrected chi connectivity index (χ0v) is 16.2. The molecule has 10 heteroatoms. The molecule has 1 amide bonds. The molecule has 0 atom stereocenters. The molecule has 0 aliphatic carbocycles. The topological polar surface area (TPSA) is 105 Å². The van der Waals surface area contributed by atoms with Gasteiger partial charge in [0.2, 0.25) is 11.6 Å². The van der Waals surface area contributed by atoms with Gasteiger partial charge in [-0.25, -0.2) is 14.8 Å². The van der Waals surface area contributed by atoms with E-state index in [1.807, 2.05) is 34.1 Å². The molecular formula is C19H22N6O4. The van der Waals surface area contributed by atoms with E-state index in [0.717, 1.165) is 17.7 Å². The Hall–Kier alpha value is -3.43. The molecule has 2 aromatic rings. The van der Waals surface area contributed by atoms with E-state index in [1.165, 1.54) is 6.33 Å². The fourth-order valence-electron chi connectivity index (χ4n) is 3.83. The summed E-state index contributed by atoms with van der Waals surface area (Å²) in [7, 11) is 0. The van der Waals surface area contributed by atoms with Gasteiger partial charge < -0.3 is 19.4 Å². The lowest BCUT2D eigenvalue weighted by molar-refractivity contribution is -0.383. The first kappa shape index (κ1) is 18.9. The van der Waals surface area contributed by atoms with E-state index < -0.39 is 4.92 Å². The van der Waals surface area contributed by atoms with Gasteiger partial charge in [-0.05, 0) is 25.0 Å². The number of carbonyl (C=O) groups excluding carboxylic acids is 1. The third-order valence-corrected chi connectivity index (χ3v) is 5.21. The molecule has 0 radical (unpaired) electrons. The lowest BCUT2D eigenvalue weighted by Gasteiger charge is -2.34. The monoisotopic (exact) mass is 398 g/mol. The zero-order valence-electron chi connectivity index (χ0n) is 16.2. The number of ether oxygens (including phenoxy) is 1. The zero-order chi connectivity index (χ0) is 20.4. The predicted octanol–water partition coefficient (Wildman–Crippen LogP) is 2.36. The molecule has 0 unspecified atom stereocenters. The van der Waals surface area contributed by atoms with Gasteiger partial charge in [0.15, 0.2) is 0 Å². The van der Waals surface area contributed by atoms with Gasteiger partial charge in [0.25, 0.3) is 0 Å². The molecule has 1 aromatic carbocycles. The number of benzene rings is 1. The van der Waals surface area contributed by atoms with E-state index in [1.54, 1.807) is 11.8 Å². The Morgan fingerprint density at radius 3 is 2.59 bits per heavy atom. The summed E-state index contributed by atoms with van der Waals surface area (Å²) >= 11 is 0. The van der Waals surface area contributed by atoms with Crippen molar-refractivity contribution in [3.63, 3.8) is 0 Å². The summed E-state index contributed by atoms with van der Waals surface area (Å²) in [4.78, 5) is 37.3. The third-order valence-electron chi connectivity index (χ3n) is 5.21. The maximum absolute atomic E-state index is 12.0. The van der Waals surface area contributed by atoms with Crippen LogP contribution < -0.4 is 9.80 Å². The Morgan fingerprint density at radius 2 is 1.86 bits per heavy atom. The van der Waals surface area contributed by atoms with E-state index in [2.05, 4.69) is 9.97 Å². The standard InChI is InChI=1S/C19H22N6O4/c1-2-29-19(26)23-11-9-22(10-12-23)17-16(25(27)28)18(21-13-20-17)24-8-7-14-5-3-4-6-15(14)24/h3-6,13H,2,7-12H2,1H3. The van der Waals surface area contributed by atoms with Crippen molar-refractivity contribution in [2.75, 3.05) is 49.1 Å². The summed E-state index contributed by atoms with van der Waals surface area (Å²) in [6.07, 6.45) is 1.82. The van der Waals surface area contributed by atoms with E-state index in [0.29, 0.717) is 45.1 Å². The number of carbonyl (C=O) groups is 1. The molecule has 29 heavy (non-hydrogen) atoms. The number of fused-ring (bicyclic) bond motifs is 1. The highest BCUT2D eigenvalue weighted by atomic mass is 16.6. The van der Waals surface area contributed by atoms with Crippen LogP contribution in [0.4, 0.5) is 27.8 Å². The fourth-order valence-corrected chi connectivity index (χ4v) is 3.83. The molecule has 0 N–H and O–H groups in total. The van der Waals surface area contributed by atoms with Crippen molar-refractivity contribution in [1.82, 2.24) is 14.9 Å². The molecule has 0 spiro atoms. The normalized spacial score (nSPS) is 16.0. The van der Waals surface area contributed by atoms with Crippen LogP contribution >= 0.6 is 0 Å². The number of anilines is 3. The van der Waals surface area contributed by atoms with E-state index in [4.69, 9.17) is 4.74 Å². The van der Waals surface area contributed by atoms with E-state index in [-0.39, 0.29) is 17.6 Å². The van der Waals surface area contributed by atoms with Gasteiger partial charge in [-0.1, -0.05) is 18.2 Å². The molecule has 2 aliphatic rings. The summed E-state index contributed by atoms with van der Waals surface area (Å²) in [6, 6.07) is 7.86. The number of piperazine rings is 1. The number of nitrogens with zero attached hydrogens (tertiary/aromatic N) is 6. The molecule has 1 fully saturated rings. The summed E-state index contributed by atoms with van der Waals surface area (Å²) in [5, 5.41) is 12.0.